The molecule has 0 radical (unpaired) electrons. The number of carbonyl (C=O) groups excluding carboxylic acids is 1. The van der Waals surface area contributed by atoms with Crippen LogP contribution in [-0.2, 0) is 10.0 Å². The topological polar surface area (TPSA) is 57.7 Å². The largest absolute Gasteiger partial charge is 0.345 e. The molecular formula is C18H20F2N2O3S. The Kier molecular flexibility index (Phi) is 5.77. The molecule has 8 heteroatoms. The molecule has 0 fully saturated rings. The molecule has 0 aliphatic heterocycles. The Balaban J connectivity index is 2.38. The van der Waals surface area contributed by atoms with E-state index >= 15 is 0 Å². The van der Waals surface area contributed by atoms with Crippen LogP contribution in [0.25, 0.3) is 0 Å². The fourth-order valence-corrected chi connectivity index (χ4v) is 3.80. The summed E-state index contributed by atoms with van der Waals surface area (Å²) in [6.45, 7) is 1.57. The molecule has 2 aromatic carbocycles. The minimum Gasteiger partial charge on any atom is -0.345 e. The van der Waals surface area contributed by atoms with Gasteiger partial charge in [0.1, 0.15) is 0 Å². The van der Waals surface area contributed by atoms with Crippen LogP contribution in [0.1, 0.15) is 28.9 Å². The molecule has 0 aromatic heterocycles. The highest BCUT2D eigenvalue weighted by atomic mass is 32.2. The monoisotopic (exact) mass is 382 g/mol. The van der Waals surface area contributed by atoms with Crippen molar-refractivity contribution in [2.75, 3.05) is 21.1 Å². The predicted molar refractivity (Wildman–Crippen MR) is 94.2 cm³/mol. The Labute approximate surface area is 151 Å². The summed E-state index contributed by atoms with van der Waals surface area (Å²) in [7, 11) is 0.545. The maximum Gasteiger partial charge on any atom is 0.253 e. The Morgan fingerprint density at radius 1 is 1.00 bits per heavy atom. The van der Waals surface area contributed by atoms with Crippen molar-refractivity contribution >= 4 is 15.9 Å². The third-order valence-electron chi connectivity index (χ3n) is 4.14. The van der Waals surface area contributed by atoms with Crippen molar-refractivity contribution in [1.29, 1.82) is 0 Å². The molecule has 0 saturated carbocycles. The number of rotatable bonds is 5. The summed E-state index contributed by atoms with van der Waals surface area (Å²) in [5.41, 5.74) is 0.556. The van der Waals surface area contributed by atoms with E-state index in [1.165, 1.54) is 42.3 Å². The SMILES string of the molecule is CC(c1ccc(F)c(F)c1)N(C)S(=O)(=O)c1cccc(C(=O)N(C)C)c1. The Morgan fingerprint density at radius 3 is 2.23 bits per heavy atom. The normalized spacial score (nSPS) is 12.9. The van der Waals surface area contributed by atoms with Crippen LogP contribution in [0.2, 0.25) is 0 Å². The molecule has 0 spiro atoms. The maximum absolute atomic E-state index is 13.5. The highest BCUT2D eigenvalue weighted by Gasteiger charge is 2.27. The first-order valence-corrected chi connectivity index (χ1v) is 9.24. The zero-order valence-electron chi connectivity index (χ0n) is 14.9. The highest BCUT2D eigenvalue weighted by Crippen LogP contribution is 2.27. The molecule has 1 unspecified atom stereocenters. The molecule has 1 amide bonds. The molecule has 0 aliphatic rings. The third kappa shape index (κ3) is 3.91. The molecule has 0 aliphatic carbocycles. The number of halogens is 2. The van der Waals surface area contributed by atoms with E-state index in [9.17, 15) is 22.0 Å². The Hall–Kier alpha value is -2.32. The minimum atomic E-state index is -3.94. The van der Waals surface area contributed by atoms with Crippen molar-refractivity contribution in [2.45, 2.75) is 17.9 Å². The van der Waals surface area contributed by atoms with Gasteiger partial charge in [0.2, 0.25) is 10.0 Å². The zero-order chi connectivity index (χ0) is 19.6. The summed E-state index contributed by atoms with van der Waals surface area (Å²) in [6.07, 6.45) is 0. The molecule has 0 bridgehead atoms. The second-order valence-electron chi connectivity index (χ2n) is 6.10. The first kappa shape index (κ1) is 20.0. The summed E-state index contributed by atoms with van der Waals surface area (Å²) >= 11 is 0. The summed E-state index contributed by atoms with van der Waals surface area (Å²) in [5, 5.41) is 0. The molecule has 2 rings (SSSR count). The number of amides is 1. The lowest BCUT2D eigenvalue weighted by molar-refractivity contribution is 0.0827. The first-order valence-electron chi connectivity index (χ1n) is 7.80. The van der Waals surface area contributed by atoms with Gasteiger partial charge in [-0.2, -0.15) is 4.31 Å². The number of nitrogens with zero attached hydrogens (tertiary/aromatic N) is 2. The van der Waals surface area contributed by atoms with Gasteiger partial charge < -0.3 is 4.90 Å². The molecule has 26 heavy (non-hydrogen) atoms. The van der Waals surface area contributed by atoms with Gasteiger partial charge in [-0.05, 0) is 42.8 Å². The summed E-state index contributed by atoms with van der Waals surface area (Å²) < 4.78 is 53.4. The van der Waals surface area contributed by atoms with Crippen LogP contribution in [0.4, 0.5) is 8.78 Å². The molecule has 1 atom stereocenters. The van der Waals surface area contributed by atoms with Crippen LogP contribution in [0, 0.1) is 11.6 Å². The molecule has 0 N–H and O–H groups in total. The van der Waals surface area contributed by atoms with Crippen LogP contribution >= 0.6 is 0 Å². The molecule has 5 nitrogen and oxygen atoms in total. The number of hydrogen-bond donors (Lipinski definition) is 0. The number of carbonyl (C=O) groups is 1. The van der Waals surface area contributed by atoms with Crippen molar-refractivity contribution in [3.05, 3.63) is 65.2 Å². The van der Waals surface area contributed by atoms with E-state index in [4.69, 9.17) is 0 Å². The minimum absolute atomic E-state index is 0.0536. The maximum atomic E-state index is 13.5. The van der Waals surface area contributed by atoms with E-state index < -0.39 is 27.7 Å². The molecule has 0 heterocycles. The van der Waals surface area contributed by atoms with E-state index in [2.05, 4.69) is 0 Å². The van der Waals surface area contributed by atoms with E-state index in [0.717, 1.165) is 16.4 Å². The fourth-order valence-electron chi connectivity index (χ4n) is 2.40. The van der Waals surface area contributed by atoms with E-state index in [0.29, 0.717) is 5.56 Å². The van der Waals surface area contributed by atoms with Crippen molar-refractivity contribution in [3.8, 4) is 0 Å². The van der Waals surface area contributed by atoms with Crippen LogP contribution in [-0.4, -0.2) is 44.7 Å². The Bertz CT molecular complexity index is 930. The zero-order valence-corrected chi connectivity index (χ0v) is 15.7. The fraction of sp³-hybridized carbons (Fsp3) is 0.278. The molecule has 0 saturated heterocycles. The van der Waals surface area contributed by atoms with Gasteiger partial charge in [-0.1, -0.05) is 12.1 Å². The van der Waals surface area contributed by atoms with E-state index in [-0.39, 0.29) is 16.4 Å². The van der Waals surface area contributed by atoms with Gasteiger partial charge in [0.05, 0.1) is 4.90 Å². The van der Waals surface area contributed by atoms with Crippen LogP contribution in [0.3, 0.4) is 0 Å². The van der Waals surface area contributed by atoms with Gasteiger partial charge >= 0.3 is 0 Å². The summed E-state index contributed by atoms with van der Waals surface area (Å²) in [5.74, 6) is -2.36. The lowest BCUT2D eigenvalue weighted by Gasteiger charge is -2.25. The second kappa shape index (κ2) is 7.51. The lowest BCUT2D eigenvalue weighted by atomic mass is 10.1. The van der Waals surface area contributed by atoms with Gasteiger partial charge in [-0.3, -0.25) is 4.79 Å². The smallest absolute Gasteiger partial charge is 0.253 e. The van der Waals surface area contributed by atoms with Gasteiger partial charge in [0, 0.05) is 32.7 Å². The van der Waals surface area contributed by atoms with Crippen molar-refractivity contribution < 1.29 is 22.0 Å². The molecular weight excluding hydrogens is 362 g/mol. The molecule has 2 aromatic rings. The summed E-state index contributed by atoms with van der Waals surface area (Å²) in [4.78, 5) is 13.4. The second-order valence-corrected chi connectivity index (χ2v) is 8.10. The van der Waals surface area contributed by atoms with Gasteiger partial charge in [-0.25, -0.2) is 17.2 Å². The van der Waals surface area contributed by atoms with Crippen molar-refractivity contribution in [2.24, 2.45) is 0 Å². The number of sulfonamides is 1. The third-order valence-corrected chi connectivity index (χ3v) is 6.06. The first-order chi connectivity index (χ1) is 12.1. The highest BCUT2D eigenvalue weighted by molar-refractivity contribution is 7.89. The predicted octanol–water partition coefficient (Wildman–Crippen LogP) is 3.05. The van der Waals surface area contributed by atoms with E-state index in [1.807, 2.05) is 0 Å². The van der Waals surface area contributed by atoms with Crippen LogP contribution < -0.4 is 0 Å². The summed E-state index contributed by atoms with van der Waals surface area (Å²) in [6, 6.07) is 8.22. The van der Waals surface area contributed by atoms with Gasteiger partial charge in [-0.15, -0.1) is 0 Å². The van der Waals surface area contributed by atoms with Gasteiger partial charge in [0.25, 0.3) is 5.91 Å². The standard InChI is InChI=1S/C18H20F2N2O3S/c1-12(13-8-9-16(19)17(20)11-13)22(4)26(24,25)15-7-5-6-14(10-15)18(23)21(2)3/h5-12H,1-4H3. The number of hydrogen-bond acceptors (Lipinski definition) is 3. The van der Waals surface area contributed by atoms with Crippen LogP contribution in [0.5, 0.6) is 0 Å². The lowest BCUT2D eigenvalue weighted by Crippen LogP contribution is -2.30. The van der Waals surface area contributed by atoms with E-state index in [1.54, 1.807) is 21.0 Å². The van der Waals surface area contributed by atoms with Crippen molar-refractivity contribution in [1.82, 2.24) is 9.21 Å². The Morgan fingerprint density at radius 2 is 1.65 bits per heavy atom. The van der Waals surface area contributed by atoms with Gasteiger partial charge in [0.15, 0.2) is 11.6 Å². The van der Waals surface area contributed by atoms with Crippen LogP contribution in [0.15, 0.2) is 47.4 Å². The average molecular weight is 382 g/mol. The quantitative estimate of drug-likeness (QED) is 0.799. The molecule has 140 valence electrons. The average Bonchev–Trinajstić information content (AvgIpc) is 2.62. The number of benzene rings is 2. The van der Waals surface area contributed by atoms with Crippen molar-refractivity contribution in [3.63, 3.8) is 0 Å².